The van der Waals surface area contributed by atoms with Crippen molar-refractivity contribution in [3.05, 3.63) is 55.9 Å². The summed E-state index contributed by atoms with van der Waals surface area (Å²) in [7, 11) is 0. The molecule has 0 saturated heterocycles. The molecular formula is C13H14FeO3. The molecule has 4 heteroatoms. The fraction of sp³-hybridized carbons (Fsp3) is 0.308. The third-order valence-corrected chi connectivity index (χ3v) is 1.61. The summed E-state index contributed by atoms with van der Waals surface area (Å²) in [6, 6.07) is 0. The van der Waals surface area contributed by atoms with Gasteiger partial charge < -0.3 is 0 Å². The standard InChI is InChI=1S/C10H14.3CO.Fe/c1-2-3-7-10-8-5-4-6-9-10;3*1-2;/h4-8H,2-3,9H2,1H3;;;;/b10-7-;;;;. The van der Waals surface area contributed by atoms with E-state index in [2.05, 4.69) is 57.3 Å². The molecule has 0 amide bonds. The molecule has 1 rings (SSSR count). The normalized spacial score (nSPS) is 12.3. The van der Waals surface area contributed by atoms with Crippen molar-refractivity contribution < 1.29 is 31.0 Å². The summed E-state index contributed by atoms with van der Waals surface area (Å²) >= 11 is 0. The van der Waals surface area contributed by atoms with Crippen LogP contribution < -0.4 is 0 Å². The molecule has 0 spiro atoms. The Hall–Kier alpha value is -1.04. The minimum absolute atomic E-state index is 0. The van der Waals surface area contributed by atoms with E-state index >= 15 is 0 Å². The second-order valence-electron chi connectivity index (χ2n) is 2.56. The Balaban J connectivity index is -0.000000106. The van der Waals surface area contributed by atoms with Crippen molar-refractivity contribution in [3.63, 3.8) is 0 Å². The SMILES string of the molecule is CCC/C=C1/C=CC=CC1.[C-]#[O+].[C-]#[O+].[C-]#[O+].[Fe]. The molecule has 0 fully saturated rings. The molecule has 0 N–H and O–H groups in total. The van der Waals surface area contributed by atoms with Crippen molar-refractivity contribution in [3.8, 4) is 0 Å². The van der Waals surface area contributed by atoms with Gasteiger partial charge in [-0.25, -0.2) is 0 Å². The van der Waals surface area contributed by atoms with E-state index in [4.69, 9.17) is 14.0 Å². The molecule has 0 aromatic rings. The summed E-state index contributed by atoms with van der Waals surface area (Å²) in [4.78, 5) is 0. The van der Waals surface area contributed by atoms with Crippen LogP contribution in [0.25, 0.3) is 0 Å². The molecule has 3 nitrogen and oxygen atoms in total. The molecule has 1 aliphatic carbocycles. The largest absolute Gasteiger partial charge is 0 e. The van der Waals surface area contributed by atoms with Crippen LogP contribution in [0.3, 0.4) is 0 Å². The second-order valence-corrected chi connectivity index (χ2v) is 2.56. The number of rotatable bonds is 2. The molecule has 0 unspecified atom stereocenters. The van der Waals surface area contributed by atoms with Crippen LogP contribution in [-0.2, 0) is 31.0 Å². The monoisotopic (exact) mass is 274 g/mol. The van der Waals surface area contributed by atoms with E-state index in [1.807, 2.05) is 0 Å². The molecule has 1 aliphatic rings. The first-order valence-corrected chi connectivity index (χ1v) is 4.57. The summed E-state index contributed by atoms with van der Waals surface area (Å²) in [6.45, 7) is 15.7. The molecule has 17 heavy (non-hydrogen) atoms. The summed E-state index contributed by atoms with van der Waals surface area (Å²) < 4.78 is 22.5. The van der Waals surface area contributed by atoms with Crippen LogP contribution in [-0.4, -0.2) is 0 Å². The van der Waals surface area contributed by atoms with Gasteiger partial charge in [0.1, 0.15) is 0 Å². The summed E-state index contributed by atoms with van der Waals surface area (Å²) in [5.41, 5.74) is 1.46. The number of allylic oxidation sites excluding steroid dienone is 6. The fourth-order valence-corrected chi connectivity index (χ4v) is 1.01. The minimum atomic E-state index is 0. The van der Waals surface area contributed by atoms with Gasteiger partial charge in [-0.1, -0.05) is 43.7 Å². The van der Waals surface area contributed by atoms with Crippen LogP contribution in [0.5, 0.6) is 0 Å². The zero-order chi connectivity index (χ0) is 13.2. The molecule has 92 valence electrons. The molecule has 0 atom stereocenters. The van der Waals surface area contributed by atoms with Gasteiger partial charge in [0, 0.05) is 17.1 Å². The van der Waals surface area contributed by atoms with Crippen LogP contribution in [0.1, 0.15) is 26.2 Å². The van der Waals surface area contributed by atoms with Crippen LogP contribution in [0, 0.1) is 20.0 Å². The Morgan fingerprint density at radius 1 is 1.12 bits per heavy atom. The Morgan fingerprint density at radius 3 is 2.00 bits per heavy atom. The Morgan fingerprint density at radius 2 is 1.65 bits per heavy atom. The van der Waals surface area contributed by atoms with Crippen molar-refractivity contribution >= 4 is 0 Å². The Kier molecular flexibility index (Phi) is 43.2. The maximum Gasteiger partial charge on any atom is 0 e. The average molecular weight is 274 g/mol. The molecule has 0 aromatic carbocycles. The number of unbranched alkanes of at least 4 members (excludes halogenated alkanes) is 1. The average Bonchev–Trinajstić information content (AvgIpc) is 2.44. The fourth-order valence-electron chi connectivity index (χ4n) is 1.01. The zero-order valence-electron chi connectivity index (χ0n) is 9.59. The number of hydrogen-bond acceptors (Lipinski definition) is 0. The van der Waals surface area contributed by atoms with Crippen molar-refractivity contribution in [2.24, 2.45) is 0 Å². The van der Waals surface area contributed by atoms with E-state index in [9.17, 15) is 0 Å². The predicted molar refractivity (Wildman–Crippen MR) is 57.7 cm³/mol. The van der Waals surface area contributed by atoms with E-state index in [0.717, 1.165) is 6.42 Å². The van der Waals surface area contributed by atoms with Crippen LogP contribution in [0.15, 0.2) is 36.0 Å². The quantitative estimate of drug-likeness (QED) is 0.422. The molecule has 0 heterocycles. The second kappa shape index (κ2) is 29.4. The zero-order valence-corrected chi connectivity index (χ0v) is 10.7. The summed E-state index contributed by atoms with van der Waals surface area (Å²) in [5.74, 6) is 0. The smallest absolute Gasteiger partial charge is 0 e. The van der Waals surface area contributed by atoms with Gasteiger partial charge in [0.15, 0.2) is 0 Å². The Labute approximate surface area is 113 Å². The van der Waals surface area contributed by atoms with E-state index in [-0.39, 0.29) is 17.1 Å². The first-order chi connectivity index (χ1) is 7.93. The van der Waals surface area contributed by atoms with Gasteiger partial charge in [0.25, 0.3) is 0 Å². The minimum Gasteiger partial charge on any atom is 0 e. The summed E-state index contributed by atoms with van der Waals surface area (Å²) in [6.07, 6.45) is 14.5. The van der Waals surface area contributed by atoms with E-state index in [1.54, 1.807) is 0 Å². The molecule has 0 saturated carbocycles. The van der Waals surface area contributed by atoms with Gasteiger partial charge >= 0.3 is 33.9 Å². The Bertz CT molecular complexity index is 269. The van der Waals surface area contributed by atoms with E-state index < -0.39 is 0 Å². The maximum absolute atomic E-state index is 7.50. The van der Waals surface area contributed by atoms with Crippen molar-refractivity contribution in [1.82, 2.24) is 0 Å². The van der Waals surface area contributed by atoms with Gasteiger partial charge in [-0.15, -0.1) is 0 Å². The van der Waals surface area contributed by atoms with Crippen molar-refractivity contribution in [2.45, 2.75) is 26.2 Å². The molecule has 0 aliphatic heterocycles. The van der Waals surface area contributed by atoms with Gasteiger partial charge in [-0.2, -0.15) is 0 Å². The first-order valence-electron chi connectivity index (χ1n) is 4.57. The van der Waals surface area contributed by atoms with Crippen LogP contribution in [0.4, 0.5) is 0 Å². The van der Waals surface area contributed by atoms with Gasteiger partial charge in [-0.05, 0) is 18.4 Å². The van der Waals surface area contributed by atoms with Crippen LogP contribution in [0.2, 0.25) is 0 Å². The van der Waals surface area contributed by atoms with Crippen molar-refractivity contribution in [1.29, 1.82) is 0 Å². The van der Waals surface area contributed by atoms with E-state index in [0.29, 0.717) is 0 Å². The van der Waals surface area contributed by atoms with Gasteiger partial charge in [0.2, 0.25) is 0 Å². The van der Waals surface area contributed by atoms with Crippen LogP contribution >= 0.6 is 0 Å². The third kappa shape index (κ3) is 20.9. The molecular weight excluding hydrogens is 260 g/mol. The van der Waals surface area contributed by atoms with E-state index in [1.165, 1.54) is 18.4 Å². The summed E-state index contributed by atoms with van der Waals surface area (Å²) in [5, 5.41) is 0. The van der Waals surface area contributed by atoms with Gasteiger partial charge in [-0.3, -0.25) is 0 Å². The molecule has 0 radical (unpaired) electrons. The van der Waals surface area contributed by atoms with Crippen molar-refractivity contribution in [2.75, 3.05) is 0 Å². The van der Waals surface area contributed by atoms with Gasteiger partial charge in [0.05, 0.1) is 0 Å². The molecule has 0 aromatic heterocycles. The third-order valence-electron chi connectivity index (χ3n) is 1.61. The predicted octanol–water partition coefficient (Wildman–Crippen LogP) is 3.11. The molecule has 0 bridgehead atoms. The maximum atomic E-state index is 7.50. The first kappa shape index (κ1) is 25.0. The number of hydrogen-bond donors (Lipinski definition) is 0. The topological polar surface area (TPSA) is 59.7 Å².